The van der Waals surface area contributed by atoms with Gasteiger partial charge in [-0.1, -0.05) is 0 Å². The predicted octanol–water partition coefficient (Wildman–Crippen LogP) is 2.19. The minimum absolute atomic E-state index is 0.0373. The molecule has 0 unspecified atom stereocenters. The Kier molecular flexibility index (Phi) is 6.20. The Hall–Kier alpha value is -2.03. The lowest BCUT2D eigenvalue weighted by atomic mass is 10.2. The molecule has 0 saturated heterocycles. The van der Waals surface area contributed by atoms with Gasteiger partial charge in [-0.15, -0.1) is 0 Å². The number of likely N-dealkylation sites (N-methyl/N-ethyl adjacent to an activating group) is 1. The highest BCUT2D eigenvalue weighted by atomic mass is 19.4. The van der Waals surface area contributed by atoms with Crippen molar-refractivity contribution in [3.05, 3.63) is 17.7 Å². The molecule has 1 rings (SSSR count). The van der Waals surface area contributed by atoms with E-state index in [9.17, 15) is 18.0 Å². The Morgan fingerprint density at radius 2 is 1.78 bits per heavy atom. The first-order chi connectivity index (χ1) is 10.6. The fourth-order valence-electron chi connectivity index (χ4n) is 1.80. The largest absolute Gasteiger partial charge is 0.416 e. The van der Waals surface area contributed by atoms with Gasteiger partial charge in [-0.05, 0) is 26.2 Å². The molecule has 1 aromatic rings. The first kappa shape index (κ1) is 19.0. The van der Waals surface area contributed by atoms with Crippen molar-refractivity contribution in [1.29, 1.82) is 0 Å². The number of nitrogens with zero attached hydrogens (tertiary/aromatic N) is 4. The molecule has 0 aliphatic rings. The van der Waals surface area contributed by atoms with Crippen LogP contribution < -0.4 is 10.2 Å². The third-order valence-corrected chi connectivity index (χ3v) is 3.06. The average Bonchev–Trinajstić information content (AvgIpc) is 2.45. The van der Waals surface area contributed by atoms with Crippen molar-refractivity contribution >= 4 is 17.7 Å². The van der Waals surface area contributed by atoms with E-state index in [0.717, 1.165) is 12.1 Å². The van der Waals surface area contributed by atoms with Crippen molar-refractivity contribution in [2.24, 2.45) is 0 Å². The molecule has 1 N–H and O–H groups in total. The third kappa shape index (κ3) is 5.27. The van der Waals surface area contributed by atoms with Crippen LogP contribution in [0, 0.1) is 0 Å². The molecular weight excluding hydrogens is 311 g/mol. The molecule has 0 bridgehead atoms. The summed E-state index contributed by atoms with van der Waals surface area (Å²) in [6, 6.07) is 1.37. The number of hydrogen-bond donors (Lipinski definition) is 1. The number of urea groups is 1. The van der Waals surface area contributed by atoms with Gasteiger partial charge in [0.25, 0.3) is 0 Å². The number of aromatic nitrogens is 1. The Balaban J connectivity index is 3.30. The number of anilines is 2. The average molecular weight is 333 g/mol. The second-order valence-electron chi connectivity index (χ2n) is 5.48. The summed E-state index contributed by atoms with van der Waals surface area (Å²) in [6.45, 7) is 0.716. The van der Waals surface area contributed by atoms with Crippen LogP contribution in [0.25, 0.3) is 0 Å². The van der Waals surface area contributed by atoms with Gasteiger partial charge in [0.2, 0.25) is 0 Å². The maximum absolute atomic E-state index is 13.0. The number of hydrogen-bond acceptors (Lipinski definition) is 4. The Bertz CT molecular complexity index is 546. The minimum atomic E-state index is -4.52. The molecule has 9 heteroatoms. The molecule has 0 aliphatic carbocycles. The number of carbonyl (C=O) groups excluding carboxylic acids is 1. The van der Waals surface area contributed by atoms with Crippen LogP contribution in [0.1, 0.15) is 5.56 Å². The highest BCUT2D eigenvalue weighted by Gasteiger charge is 2.33. The summed E-state index contributed by atoms with van der Waals surface area (Å²) in [7, 11) is 8.19. The highest BCUT2D eigenvalue weighted by molar-refractivity contribution is 5.91. The van der Waals surface area contributed by atoms with Crippen LogP contribution >= 0.6 is 0 Å². The van der Waals surface area contributed by atoms with Crippen LogP contribution in [0.3, 0.4) is 0 Å². The van der Waals surface area contributed by atoms with E-state index in [4.69, 9.17) is 0 Å². The van der Waals surface area contributed by atoms with Gasteiger partial charge in [0.15, 0.2) is 0 Å². The molecule has 23 heavy (non-hydrogen) atoms. The monoisotopic (exact) mass is 333 g/mol. The Morgan fingerprint density at radius 1 is 1.17 bits per heavy atom. The molecular formula is C14H22F3N5O. The molecule has 0 aliphatic heterocycles. The molecule has 1 aromatic heterocycles. The van der Waals surface area contributed by atoms with Crippen molar-refractivity contribution in [3.8, 4) is 0 Å². The van der Waals surface area contributed by atoms with Crippen molar-refractivity contribution in [2.45, 2.75) is 6.18 Å². The smallest absolute Gasteiger partial charge is 0.373 e. The summed E-state index contributed by atoms with van der Waals surface area (Å²) < 4.78 is 39.1. The topological polar surface area (TPSA) is 51.7 Å². The van der Waals surface area contributed by atoms with Crippen LogP contribution in [0.2, 0.25) is 0 Å². The van der Waals surface area contributed by atoms with Gasteiger partial charge in [-0.25, -0.2) is 9.78 Å². The zero-order valence-corrected chi connectivity index (χ0v) is 13.9. The van der Waals surface area contributed by atoms with Gasteiger partial charge in [-0.3, -0.25) is 4.90 Å². The maximum Gasteiger partial charge on any atom is 0.416 e. The number of pyridine rings is 1. The quantitative estimate of drug-likeness (QED) is 0.897. The van der Waals surface area contributed by atoms with E-state index in [1.165, 1.54) is 30.9 Å². The van der Waals surface area contributed by atoms with Gasteiger partial charge in [0, 0.05) is 34.2 Å². The van der Waals surface area contributed by atoms with Crippen LogP contribution in [-0.2, 0) is 6.18 Å². The first-order valence-corrected chi connectivity index (χ1v) is 6.97. The maximum atomic E-state index is 13.0. The second kappa shape index (κ2) is 7.49. The summed E-state index contributed by atoms with van der Waals surface area (Å²) in [6.07, 6.45) is -4.52. The van der Waals surface area contributed by atoms with Gasteiger partial charge in [-0.2, -0.15) is 13.2 Å². The molecule has 0 aromatic carbocycles. The van der Waals surface area contributed by atoms with E-state index in [1.807, 2.05) is 19.0 Å². The van der Waals surface area contributed by atoms with Crippen LogP contribution in [0.4, 0.5) is 29.6 Å². The van der Waals surface area contributed by atoms with Gasteiger partial charge in [0.05, 0.1) is 5.56 Å². The Labute approximate surface area is 133 Å². The minimum Gasteiger partial charge on any atom is -0.373 e. The number of rotatable bonds is 5. The van der Waals surface area contributed by atoms with Crippen molar-refractivity contribution < 1.29 is 18.0 Å². The lowest BCUT2D eigenvalue weighted by Gasteiger charge is -2.27. The molecule has 6 nitrogen and oxygen atoms in total. The van der Waals surface area contributed by atoms with Gasteiger partial charge < -0.3 is 15.1 Å². The van der Waals surface area contributed by atoms with Crippen LogP contribution in [0.5, 0.6) is 0 Å². The highest BCUT2D eigenvalue weighted by Crippen LogP contribution is 2.33. The van der Waals surface area contributed by atoms with Crippen molar-refractivity contribution in [2.75, 3.05) is 58.5 Å². The molecule has 0 saturated carbocycles. The van der Waals surface area contributed by atoms with E-state index >= 15 is 0 Å². The molecule has 1 heterocycles. The SMILES string of the molecule is CNc1cc(C(F)(F)F)cc(N(CCN(C)C)C(=O)N(C)C)n1. The van der Waals surface area contributed by atoms with Crippen molar-refractivity contribution in [3.63, 3.8) is 0 Å². The summed E-state index contributed by atoms with van der Waals surface area (Å²) >= 11 is 0. The van der Waals surface area contributed by atoms with Crippen molar-refractivity contribution in [1.82, 2.24) is 14.8 Å². The third-order valence-electron chi connectivity index (χ3n) is 3.06. The summed E-state index contributed by atoms with van der Waals surface area (Å²) in [4.78, 5) is 20.8. The van der Waals surface area contributed by atoms with Gasteiger partial charge in [0.1, 0.15) is 11.6 Å². The second-order valence-corrected chi connectivity index (χ2v) is 5.48. The number of nitrogens with one attached hydrogen (secondary N) is 1. The molecule has 2 amide bonds. The summed E-state index contributed by atoms with van der Waals surface area (Å²) in [5.74, 6) is 0.0148. The lowest BCUT2D eigenvalue weighted by Crippen LogP contribution is -2.43. The molecule has 0 spiro atoms. The molecule has 0 atom stereocenters. The lowest BCUT2D eigenvalue weighted by molar-refractivity contribution is -0.137. The van der Waals surface area contributed by atoms with E-state index in [1.54, 1.807) is 0 Å². The standard InChI is InChI=1S/C14H22F3N5O/c1-18-11-8-10(14(15,16)17)9-12(19-11)22(7-6-20(2)3)13(23)21(4)5/h8-9H,6-7H2,1-5H3,(H,18,19). The fourth-order valence-corrected chi connectivity index (χ4v) is 1.80. The van der Waals surface area contributed by atoms with Gasteiger partial charge >= 0.3 is 12.2 Å². The number of alkyl halides is 3. The predicted molar refractivity (Wildman–Crippen MR) is 83.8 cm³/mol. The number of carbonyl (C=O) groups is 1. The number of halogens is 3. The Morgan fingerprint density at radius 3 is 2.22 bits per heavy atom. The van der Waals surface area contributed by atoms with E-state index in [-0.39, 0.29) is 18.2 Å². The van der Waals surface area contributed by atoms with E-state index in [0.29, 0.717) is 6.54 Å². The fraction of sp³-hybridized carbons (Fsp3) is 0.571. The molecule has 130 valence electrons. The number of amides is 2. The van der Waals surface area contributed by atoms with E-state index < -0.39 is 17.8 Å². The normalized spacial score (nSPS) is 11.5. The van der Waals surface area contributed by atoms with Crippen LogP contribution in [-0.4, -0.2) is 69.1 Å². The first-order valence-electron chi connectivity index (χ1n) is 6.97. The van der Waals surface area contributed by atoms with E-state index in [2.05, 4.69) is 10.3 Å². The molecule has 0 radical (unpaired) electrons. The summed E-state index contributed by atoms with van der Waals surface area (Å²) in [5, 5.41) is 2.59. The van der Waals surface area contributed by atoms with Crippen LogP contribution in [0.15, 0.2) is 12.1 Å². The molecule has 0 fully saturated rings. The zero-order chi connectivity index (χ0) is 17.8. The summed E-state index contributed by atoms with van der Waals surface area (Å²) in [5.41, 5.74) is -0.853. The zero-order valence-electron chi connectivity index (χ0n) is 13.9.